The van der Waals surface area contributed by atoms with Crippen LogP contribution in [0.1, 0.15) is 5.56 Å². The zero-order chi connectivity index (χ0) is 24.9. The van der Waals surface area contributed by atoms with Gasteiger partial charge in [0, 0.05) is 38.2 Å². The smallest absolute Gasteiger partial charge is 0.0795 e. The van der Waals surface area contributed by atoms with Gasteiger partial charge in [0.25, 0.3) is 0 Å². The minimum absolute atomic E-state index is 0.218. The third kappa shape index (κ3) is 2.35. The van der Waals surface area contributed by atoms with Crippen LogP contribution >= 0.6 is 0 Å². The van der Waals surface area contributed by atoms with Crippen LogP contribution in [0, 0.1) is 6.92 Å². The molecule has 16 N–H and O–H groups in total. The lowest BCUT2D eigenvalue weighted by Gasteiger charge is -2.26. The maximum atomic E-state index is 6.72. The van der Waals surface area contributed by atoms with Gasteiger partial charge in [-0.3, -0.25) is 0 Å². The SMILES string of the molecule is Cc1c(N)c2c(N)c(N)c(N)c3c(N)c(N)c4c(N)c(N)c(-c5ccc6ccccc6c5)c1c4c23. The minimum atomic E-state index is 0.218. The molecule has 0 saturated carbocycles. The maximum Gasteiger partial charge on any atom is 0.0795 e. The van der Waals surface area contributed by atoms with Gasteiger partial charge >= 0.3 is 0 Å². The maximum absolute atomic E-state index is 6.72. The van der Waals surface area contributed by atoms with Crippen LogP contribution in [-0.4, -0.2) is 0 Å². The van der Waals surface area contributed by atoms with Gasteiger partial charge < -0.3 is 45.9 Å². The molecule has 0 radical (unpaired) electrons. The van der Waals surface area contributed by atoms with Crippen LogP contribution in [0.5, 0.6) is 0 Å². The standard InChI is InChI=1S/C27H26N8/c1-9-13-14(12-7-6-10-4-2-3-5-11(10)8-12)21(29)22(30)18-15(13)16-17(20(9)28)25(33)27(35)26(34)19(16)24(32)23(18)31/h2-8H,28-35H2,1H3. The first-order chi connectivity index (χ1) is 16.6. The molecule has 6 aromatic rings. The molecule has 0 bridgehead atoms. The van der Waals surface area contributed by atoms with Crippen molar-refractivity contribution in [3.63, 3.8) is 0 Å². The average Bonchev–Trinajstić information content (AvgIpc) is 2.85. The van der Waals surface area contributed by atoms with Crippen molar-refractivity contribution in [3.05, 3.63) is 48.0 Å². The predicted octanol–water partition coefficient (Wildman–Crippen LogP) is 4.37. The number of fused-ring (bicyclic) bond motifs is 1. The average molecular weight is 463 g/mol. The summed E-state index contributed by atoms with van der Waals surface area (Å²) in [6, 6.07) is 14.3. The Morgan fingerprint density at radius 3 is 1.54 bits per heavy atom. The number of aryl methyl sites for hydroxylation is 1. The Balaban J connectivity index is 1.96. The summed E-state index contributed by atoms with van der Waals surface area (Å²) in [5, 5.41) is 6.12. The van der Waals surface area contributed by atoms with E-state index in [1.165, 1.54) is 0 Å². The highest BCUT2D eigenvalue weighted by atomic mass is 14.8. The van der Waals surface area contributed by atoms with Gasteiger partial charge in [-0.15, -0.1) is 0 Å². The van der Waals surface area contributed by atoms with E-state index in [-0.39, 0.29) is 22.7 Å². The monoisotopic (exact) mass is 462 g/mol. The molecular weight excluding hydrogens is 436 g/mol. The molecule has 0 unspecified atom stereocenters. The van der Waals surface area contributed by atoms with Crippen LogP contribution in [0.3, 0.4) is 0 Å². The van der Waals surface area contributed by atoms with Gasteiger partial charge in [0.05, 0.1) is 39.8 Å². The van der Waals surface area contributed by atoms with E-state index >= 15 is 0 Å². The van der Waals surface area contributed by atoms with Crippen molar-refractivity contribution in [1.82, 2.24) is 0 Å². The van der Waals surface area contributed by atoms with Crippen molar-refractivity contribution in [2.75, 3.05) is 45.9 Å². The fraction of sp³-hybridized carbons (Fsp3) is 0.0370. The van der Waals surface area contributed by atoms with Crippen LogP contribution < -0.4 is 45.9 Å². The highest BCUT2D eigenvalue weighted by molar-refractivity contribution is 6.41. The molecule has 35 heavy (non-hydrogen) atoms. The third-order valence-corrected chi connectivity index (χ3v) is 7.36. The van der Waals surface area contributed by atoms with Crippen molar-refractivity contribution >= 4 is 88.6 Å². The highest BCUT2D eigenvalue weighted by Crippen LogP contribution is 2.56. The molecule has 174 valence electrons. The fourth-order valence-electron chi connectivity index (χ4n) is 5.55. The molecular formula is C27H26N8. The Labute approximate surface area is 200 Å². The number of hydrogen-bond acceptors (Lipinski definition) is 8. The molecule has 0 aliphatic heterocycles. The Bertz CT molecular complexity index is 1860. The van der Waals surface area contributed by atoms with Gasteiger partial charge in [0.2, 0.25) is 0 Å². The first-order valence-electron chi connectivity index (χ1n) is 11.1. The summed E-state index contributed by atoms with van der Waals surface area (Å²) >= 11 is 0. The Kier molecular flexibility index (Phi) is 3.85. The molecule has 8 nitrogen and oxygen atoms in total. The highest BCUT2D eigenvalue weighted by Gasteiger charge is 2.28. The molecule has 0 heterocycles. The van der Waals surface area contributed by atoms with Crippen LogP contribution in [0.2, 0.25) is 0 Å². The van der Waals surface area contributed by atoms with E-state index in [9.17, 15) is 0 Å². The largest absolute Gasteiger partial charge is 0.398 e. The minimum Gasteiger partial charge on any atom is -0.398 e. The van der Waals surface area contributed by atoms with Crippen molar-refractivity contribution in [1.29, 1.82) is 0 Å². The lowest BCUT2D eigenvalue weighted by Crippen LogP contribution is -2.10. The Morgan fingerprint density at radius 1 is 0.429 bits per heavy atom. The third-order valence-electron chi connectivity index (χ3n) is 7.36. The van der Waals surface area contributed by atoms with E-state index in [0.29, 0.717) is 44.3 Å². The summed E-state index contributed by atoms with van der Waals surface area (Å²) in [7, 11) is 0. The van der Waals surface area contributed by atoms with E-state index in [1.54, 1.807) is 0 Å². The molecule has 8 heteroatoms. The molecule has 0 aliphatic rings. The number of benzene rings is 6. The molecule has 0 aromatic heterocycles. The van der Waals surface area contributed by atoms with Crippen LogP contribution in [0.25, 0.3) is 54.2 Å². The van der Waals surface area contributed by atoms with E-state index in [4.69, 9.17) is 45.9 Å². The van der Waals surface area contributed by atoms with Crippen LogP contribution in [0.15, 0.2) is 42.5 Å². The molecule has 0 saturated heterocycles. The Hall–Kier alpha value is -4.98. The van der Waals surface area contributed by atoms with E-state index in [0.717, 1.165) is 38.2 Å². The summed E-state index contributed by atoms with van der Waals surface area (Å²) in [4.78, 5) is 0. The summed E-state index contributed by atoms with van der Waals surface area (Å²) in [5.74, 6) is 0. The fourth-order valence-corrected chi connectivity index (χ4v) is 5.55. The van der Waals surface area contributed by atoms with Gasteiger partial charge in [-0.25, -0.2) is 0 Å². The van der Waals surface area contributed by atoms with Crippen LogP contribution in [-0.2, 0) is 0 Å². The van der Waals surface area contributed by atoms with E-state index in [1.807, 2.05) is 25.1 Å². The molecule has 0 amide bonds. The second kappa shape index (κ2) is 6.54. The van der Waals surface area contributed by atoms with E-state index in [2.05, 4.69) is 24.3 Å². The number of rotatable bonds is 1. The number of nitrogens with two attached hydrogens (primary N) is 8. The lowest BCUT2D eigenvalue weighted by atomic mass is 9.82. The van der Waals surface area contributed by atoms with Crippen molar-refractivity contribution in [2.45, 2.75) is 6.92 Å². The van der Waals surface area contributed by atoms with Crippen LogP contribution in [0.4, 0.5) is 45.5 Å². The molecule has 6 aromatic carbocycles. The molecule has 0 spiro atoms. The first kappa shape index (κ1) is 20.6. The Morgan fingerprint density at radius 2 is 0.914 bits per heavy atom. The summed E-state index contributed by atoms with van der Waals surface area (Å²) < 4.78 is 0. The summed E-state index contributed by atoms with van der Waals surface area (Å²) in [5.41, 5.74) is 57.3. The molecule has 6 rings (SSSR count). The normalized spacial score (nSPS) is 11.9. The van der Waals surface area contributed by atoms with Gasteiger partial charge in [0.15, 0.2) is 0 Å². The van der Waals surface area contributed by atoms with Gasteiger partial charge in [-0.2, -0.15) is 0 Å². The second-order valence-electron chi connectivity index (χ2n) is 9.12. The zero-order valence-electron chi connectivity index (χ0n) is 19.2. The number of hydrogen-bond donors (Lipinski definition) is 8. The summed E-state index contributed by atoms with van der Waals surface area (Å²) in [6.45, 7) is 1.93. The molecule has 0 fully saturated rings. The van der Waals surface area contributed by atoms with Crippen molar-refractivity contribution in [2.24, 2.45) is 0 Å². The van der Waals surface area contributed by atoms with Crippen molar-refractivity contribution in [3.8, 4) is 11.1 Å². The quantitative estimate of drug-likeness (QED) is 0.130. The van der Waals surface area contributed by atoms with Crippen molar-refractivity contribution < 1.29 is 0 Å². The second-order valence-corrected chi connectivity index (χ2v) is 9.12. The zero-order valence-corrected chi connectivity index (χ0v) is 19.2. The predicted molar refractivity (Wildman–Crippen MR) is 153 cm³/mol. The van der Waals surface area contributed by atoms with Gasteiger partial charge in [-0.1, -0.05) is 36.4 Å². The van der Waals surface area contributed by atoms with Gasteiger partial charge in [-0.05, 0) is 40.3 Å². The molecule has 0 atom stereocenters. The van der Waals surface area contributed by atoms with Gasteiger partial charge in [0.1, 0.15) is 0 Å². The topological polar surface area (TPSA) is 208 Å². The lowest BCUT2D eigenvalue weighted by molar-refractivity contribution is 1.54. The van der Waals surface area contributed by atoms with E-state index < -0.39 is 0 Å². The molecule has 0 aliphatic carbocycles. The summed E-state index contributed by atoms with van der Waals surface area (Å²) in [6.07, 6.45) is 0. The number of nitrogen functional groups attached to an aromatic ring is 8. The number of anilines is 8. The first-order valence-corrected chi connectivity index (χ1v) is 11.1.